The van der Waals surface area contributed by atoms with Crippen molar-refractivity contribution < 1.29 is 14.3 Å². The van der Waals surface area contributed by atoms with Crippen LogP contribution >= 0.6 is 0 Å². The molecule has 2 aromatic carbocycles. The molecule has 0 radical (unpaired) electrons. The molecular formula is C24H32N2O3. The first-order valence-electron chi connectivity index (χ1n) is 10.1. The van der Waals surface area contributed by atoms with E-state index in [-0.39, 0.29) is 24.5 Å². The lowest BCUT2D eigenvalue weighted by Gasteiger charge is -2.31. The van der Waals surface area contributed by atoms with Crippen molar-refractivity contribution in [1.29, 1.82) is 0 Å². The van der Waals surface area contributed by atoms with Gasteiger partial charge in [0.2, 0.25) is 5.91 Å². The lowest BCUT2D eigenvalue weighted by molar-refractivity contribution is -0.143. The minimum atomic E-state index is -0.549. The molecule has 0 unspecified atom stereocenters. The number of benzene rings is 2. The summed E-state index contributed by atoms with van der Waals surface area (Å²) in [5.74, 6) is 0.288. The number of rotatable bonds is 9. The van der Waals surface area contributed by atoms with E-state index in [0.29, 0.717) is 18.7 Å². The summed E-state index contributed by atoms with van der Waals surface area (Å²) < 4.78 is 5.70. The zero-order valence-electron chi connectivity index (χ0n) is 18.1. The maximum Gasteiger partial charge on any atom is 0.261 e. The van der Waals surface area contributed by atoms with E-state index in [4.69, 9.17) is 4.74 Å². The molecule has 0 aliphatic carbocycles. The predicted octanol–water partition coefficient (Wildman–Crippen LogP) is 4.01. The standard InChI is InChI=1S/C24H32N2O3/c1-6-22(24(28)25-17(2)3)26(15-20-9-7-8-19(5)14-20)23(27)16-29-21-12-10-18(4)11-13-21/h7-14,17,22H,6,15-16H2,1-5H3,(H,25,28)/t22-/m0/s1. The van der Waals surface area contributed by atoms with Crippen molar-refractivity contribution >= 4 is 11.8 Å². The molecule has 0 aliphatic heterocycles. The molecule has 0 aliphatic rings. The maximum atomic E-state index is 13.1. The maximum absolute atomic E-state index is 13.1. The largest absolute Gasteiger partial charge is 0.484 e. The highest BCUT2D eigenvalue weighted by Gasteiger charge is 2.29. The van der Waals surface area contributed by atoms with Crippen LogP contribution in [0.15, 0.2) is 48.5 Å². The average molecular weight is 397 g/mol. The first kappa shape index (κ1) is 22.5. The molecular weight excluding hydrogens is 364 g/mol. The van der Waals surface area contributed by atoms with Crippen LogP contribution in [0.25, 0.3) is 0 Å². The first-order valence-corrected chi connectivity index (χ1v) is 10.1. The molecule has 0 saturated heterocycles. The zero-order valence-corrected chi connectivity index (χ0v) is 18.1. The van der Waals surface area contributed by atoms with Crippen molar-refractivity contribution in [2.24, 2.45) is 0 Å². The fraction of sp³-hybridized carbons (Fsp3) is 0.417. The summed E-state index contributed by atoms with van der Waals surface area (Å²) >= 11 is 0. The van der Waals surface area contributed by atoms with Gasteiger partial charge in [0, 0.05) is 12.6 Å². The minimum absolute atomic E-state index is 0.0104. The number of aryl methyl sites for hydroxylation is 2. The molecule has 1 N–H and O–H groups in total. The van der Waals surface area contributed by atoms with Gasteiger partial charge in [-0.1, -0.05) is 54.4 Å². The average Bonchev–Trinajstić information content (AvgIpc) is 2.66. The van der Waals surface area contributed by atoms with Gasteiger partial charge in [-0.3, -0.25) is 9.59 Å². The van der Waals surface area contributed by atoms with E-state index in [1.807, 2.05) is 83.1 Å². The monoisotopic (exact) mass is 396 g/mol. The lowest BCUT2D eigenvalue weighted by atomic mass is 10.1. The second-order valence-electron chi connectivity index (χ2n) is 7.70. The quantitative estimate of drug-likeness (QED) is 0.697. The number of ether oxygens (including phenoxy) is 1. The molecule has 0 fully saturated rings. The normalized spacial score (nSPS) is 11.8. The Hall–Kier alpha value is -2.82. The van der Waals surface area contributed by atoms with Gasteiger partial charge in [0.1, 0.15) is 11.8 Å². The number of hydrogen-bond donors (Lipinski definition) is 1. The van der Waals surface area contributed by atoms with Gasteiger partial charge in [0.05, 0.1) is 0 Å². The lowest BCUT2D eigenvalue weighted by Crippen LogP contribution is -2.51. The van der Waals surface area contributed by atoms with Crippen LogP contribution in [0.2, 0.25) is 0 Å². The Kier molecular flexibility index (Phi) is 8.25. The number of nitrogens with one attached hydrogen (secondary N) is 1. The van der Waals surface area contributed by atoms with Crippen molar-refractivity contribution in [2.45, 2.75) is 59.7 Å². The van der Waals surface area contributed by atoms with Crippen LogP contribution in [0.4, 0.5) is 0 Å². The third-order valence-electron chi connectivity index (χ3n) is 4.64. The second-order valence-corrected chi connectivity index (χ2v) is 7.70. The van der Waals surface area contributed by atoms with E-state index in [1.165, 1.54) is 0 Å². The Morgan fingerprint density at radius 2 is 1.72 bits per heavy atom. The molecule has 156 valence electrons. The van der Waals surface area contributed by atoms with Crippen molar-refractivity contribution in [3.8, 4) is 5.75 Å². The van der Waals surface area contributed by atoms with Gasteiger partial charge in [0.25, 0.3) is 5.91 Å². The van der Waals surface area contributed by atoms with E-state index in [0.717, 1.165) is 16.7 Å². The van der Waals surface area contributed by atoms with E-state index >= 15 is 0 Å². The van der Waals surface area contributed by atoms with Gasteiger partial charge in [-0.05, 0) is 51.8 Å². The Bertz CT molecular complexity index is 815. The SMILES string of the molecule is CC[C@@H](C(=O)NC(C)C)N(Cc1cccc(C)c1)C(=O)COc1ccc(C)cc1. The van der Waals surface area contributed by atoms with E-state index in [9.17, 15) is 9.59 Å². The third kappa shape index (κ3) is 6.93. The highest BCUT2D eigenvalue weighted by Crippen LogP contribution is 2.16. The molecule has 1 atom stereocenters. The molecule has 2 aromatic rings. The Morgan fingerprint density at radius 1 is 1.03 bits per heavy atom. The topological polar surface area (TPSA) is 58.6 Å². The van der Waals surface area contributed by atoms with Crippen LogP contribution in [0.3, 0.4) is 0 Å². The van der Waals surface area contributed by atoms with Crippen molar-refractivity contribution in [1.82, 2.24) is 10.2 Å². The van der Waals surface area contributed by atoms with Crippen LogP contribution in [0, 0.1) is 13.8 Å². The highest BCUT2D eigenvalue weighted by molar-refractivity contribution is 5.88. The van der Waals surface area contributed by atoms with Crippen LogP contribution in [-0.2, 0) is 16.1 Å². The summed E-state index contributed by atoms with van der Waals surface area (Å²) in [6.45, 7) is 10.0. The Morgan fingerprint density at radius 3 is 2.31 bits per heavy atom. The highest BCUT2D eigenvalue weighted by atomic mass is 16.5. The molecule has 2 amide bonds. The molecule has 0 aromatic heterocycles. The number of amides is 2. The van der Waals surface area contributed by atoms with Crippen molar-refractivity contribution in [2.75, 3.05) is 6.61 Å². The summed E-state index contributed by atoms with van der Waals surface area (Å²) in [7, 11) is 0. The number of nitrogens with zero attached hydrogens (tertiary/aromatic N) is 1. The molecule has 29 heavy (non-hydrogen) atoms. The minimum Gasteiger partial charge on any atom is -0.484 e. The zero-order chi connectivity index (χ0) is 21.4. The second kappa shape index (κ2) is 10.6. The Balaban J connectivity index is 2.20. The number of hydrogen-bond acceptors (Lipinski definition) is 3. The predicted molar refractivity (Wildman–Crippen MR) is 116 cm³/mol. The van der Waals surface area contributed by atoms with E-state index in [2.05, 4.69) is 5.32 Å². The fourth-order valence-electron chi connectivity index (χ4n) is 3.17. The van der Waals surface area contributed by atoms with Gasteiger partial charge >= 0.3 is 0 Å². The van der Waals surface area contributed by atoms with Crippen molar-refractivity contribution in [3.63, 3.8) is 0 Å². The molecule has 0 spiro atoms. The Labute approximate surface area is 174 Å². The molecule has 0 saturated carbocycles. The van der Waals surface area contributed by atoms with Crippen LogP contribution in [-0.4, -0.2) is 35.4 Å². The van der Waals surface area contributed by atoms with E-state index < -0.39 is 6.04 Å². The fourth-order valence-corrected chi connectivity index (χ4v) is 3.17. The van der Waals surface area contributed by atoms with Gasteiger partial charge in [-0.2, -0.15) is 0 Å². The van der Waals surface area contributed by atoms with Gasteiger partial charge in [-0.25, -0.2) is 0 Å². The van der Waals surface area contributed by atoms with Gasteiger partial charge in [-0.15, -0.1) is 0 Å². The smallest absolute Gasteiger partial charge is 0.261 e. The van der Waals surface area contributed by atoms with E-state index in [1.54, 1.807) is 4.90 Å². The molecule has 2 rings (SSSR count). The summed E-state index contributed by atoms with van der Waals surface area (Å²) in [4.78, 5) is 27.5. The molecule has 0 heterocycles. The van der Waals surface area contributed by atoms with Gasteiger partial charge < -0.3 is 15.0 Å². The van der Waals surface area contributed by atoms with Crippen LogP contribution < -0.4 is 10.1 Å². The summed E-state index contributed by atoms with van der Waals surface area (Å²) in [5.41, 5.74) is 3.23. The molecule has 0 bridgehead atoms. The summed E-state index contributed by atoms with van der Waals surface area (Å²) in [6.07, 6.45) is 0.528. The van der Waals surface area contributed by atoms with Gasteiger partial charge in [0.15, 0.2) is 6.61 Å². The van der Waals surface area contributed by atoms with Crippen LogP contribution in [0.1, 0.15) is 43.9 Å². The van der Waals surface area contributed by atoms with Crippen molar-refractivity contribution in [3.05, 3.63) is 65.2 Å². The molecule has 5 heteroatoms. The number of carbonyl (C=O) groups is 2. The third-order valence-corrected chi connectivity index (χ3v) is 4.64. The summed E-state index contributed by atoms with van der Waals surface area (Å²) in [6, 6.07) is 15.0. The first-order chi connectivity index (χ1) is 13.8. The summed E-state index contributed by atoms with van der Waals surface area (Å²) in [5, 5.41) is 2.93. The number of carbonyl (C=O) groups excluding carboxylic acids is 2. The van der Waals surface area contributed by atoms with Crippen LogP contribution in [0.5, 0.6) is 5.75 Å². The molecule has 5 nitrogen and oxygen atoms in total.